The van der Waals surface area contributed by atoms with E-state index >= 15 is 0 Å². The standard InChI is InChI=1S/C43H45P4/c1-47(35-32-44(38-20-8-2-9-21-38)39-22-10-3-11-23-39,36-33-45(40-24-12-4-13-25-40)41-26-14-5-15-27-41)37-34-46(42-28-16-6-17-29-42)43-30-18-7-19-31-43/h2-31H,32-37H2,1H3/q+1. The lowest BCUT2D eigenvalue weighted by molar-refractivity contribution is 1.32. The van der Waals surface area contributed by atoms with Crippen molar-refractivity contribution in [2.24, 2.45) is 0 Å². The first-order valence-corrected chi connectivity index (χ1v) is 24.0. The number of hydrogen-bond donors (Lipinski definition) is 0. The van der Waals surface area contributed by atoms with E-state index in [2.05, 4.69) is 189 Å². The summed E-state index contributed by atoms with van der Waals surface area (Å²) in [6.45, 7) is 2.73. The molecular formula is C43H45P4+. The minimum Gasteiger partial charge on any atom is -0.0622 e. The summed E-state index contributed by atoms with van der Waals surface area (Å²) in [5, 5.41) is 9.04. The average molecular weight is 686 g/mol. The van der Waals surface area contributed by atoms with Gasteiger partial charge in [-0.15, -0.1) is 0 Å². The Balaban J connectivity index is 1.30. The van der Waals surface area contributed by atoms with E-state index in [-0.39, 0.29) is 0 Å². The normalized spacial score (nSPS) is 11.7. The Morgan fingerprint density at radius 2 is 0.468 bits per heavy atom. The molecule has 0 N–H and O–H groups in total. The monoisotopic (exact) mass is 685 g/mol. The second-order valence-electron chi connectivity index (χ2n) is 12.3. The molecule has 4 heteroatoms. The van der Waals surface area contributed by atoms with Crippen LogP contribution in [0.2, 0.25) is 0 Å². The van der Waals surface area contributed by atoms with Crippen molar-refractivity contribution in [2.75, 3.05) is 43.6 Å². The van der Waals surface area contributed by atoms with E-state index in [1.54, 1.807) is 0 Å². The van der Waals surface area contributed by atoms with Crippen molar-refractivity contribution >= 4 is 62.9 Å². The van der Waals surface area contributed by atoms with E-state index in [0.717, 1.165) is 0 Å². The summed E-state index contributed by atoms with van der Waals surface area (Å²) in [5.74, 6) is 0. The zero-order chi connectivity index (χ0) is 32.2. The zero-order valence-electron chi connectivity index (χ0n) is 27.4. The molecule has 0 saturated carbocycles. The van der Waals surface area contributed by atoms with Crippen LogP contribution in [0.3, 0.4) is 0 Å². The molecule has 0 atom stereocenters. The molecule has 0 aliphatic rings. The molecule has 0 spiro atoms. The van der Waals surface area contributed by atoms with Crippen LogP contribution in [0.5, 0.6) is 0 Å². The van der Waals surface area contributed by atoms with Crippen LogP contribution in [0.25, 0.3) is 0 Å². The molecule has 6 aromatic rings. The lowest BCUT2D eigenvalue weighted by atomic mass is 10.4. The SMILES string of the molecule is C[P+](CCP(c1ccccc1)c1ccccc1)(CCP(c1ccccc1)c1ccccc1)CCP(c1ccccc1)c1ccccc1. The van der Waals surface area contributed by atoms with Crippen LogP contribution in [0.1, 0.15) is 0 Å². The Kier molecular flexibility index (Phi) is 12.6. The van der Waals surface area contributed by atoms with Crippen LogP contribution in [0.15, 0.2) is 182 Å². The number of rotatable bonds is 15. The van der Waals surface area contributed by atoms with Gasteiger partial charge in [0.25, 0.3) is 0 Å². The Hall–Kier alpha value is -2.96. The maximum atomic E-state index is 2.73. The van der Waals surface area contributed by atoms with Gasteiger partial charge in [0, 0.05) is 32.4 Å². The van der Waals surface area contributed by atoms with Crippen molar-refractivity contribution < 1.29 is 0 Å². The summed E-state index contributed by atoms with van der Waals surface area (Å²) in [6.07, 6.45) is 7.79. The lowest BCUT2D eigenvalue weighted by Crippen LogP contribution is -2.23. The third kappa shape index (κ3) is 9.57. The van der Waals surface area contributed by atoms with Crippen molar-refractivity contribution in [1.29, 1.82) is 0 Å². The third-order valence-electron chi connectivity index (χ3n) is 9.00. The van der Waals surface area contributed by atoms with Gasteiger partial charge in [0.2, 0.25) is 0 Å². The van der Waals surface area contributed by atoms with Crippen LogP contribution in [0.4, 0.5) is 0 Å². The van der Waals surface area contributed by atoms with Crippen molar-refractivity contribution in [3.63, 3.8) is 0 Å². The van der Waals surface area contributed by atoms with E-state index in [1.807, 2.05) is 0 Å². The summed E-state index contributed by atoms with van der Waals surface area (Å²) in [7, 11) is -2.52. The summed E-state index contributed by atoms with van der Waals surface area (Å²) in [6, 6.07) is 68.0. The molecular weight excluding hydrogens is 640 g/mol. The second-order valence-corrected chi connectivity index (χ2v) is 23.8. The van der Waals surface area contributed by atoms with Gasteiger partial charge in [-0.2, -0.15) is 0 Å². The molecule has 6 rings (SSSR count). The van der Waals surface area contributed by atoms with Crippen LogP contribution in [-0.4, -0.2) is 43.6 Å². The maximum absolute atomic E-state index is 2.73. The van der Waals surface area contributed by atoms with Gasteiger partial charge in [-0.05, 0) is 55.6 Å². The first-order valence-electron chi connectivity index (χ1n) is 16.7. The molecule has 0 aliphatic carbocycles. The Bertz CT molecular complexity index is 1400. The van der Waals surface area contributed by atoms with Crippen molar-refractivity contribution in [2.45, 2.75) is 0 Å². The molecule has 47 heavy (non-hydrogen) atoms. The highest BCUT2D eigenvalue weighted by Crippen LogP contribution is 2.60. The van der Waals surface area contributed by atoms with Crippen LogP contribution in [0, 0.1) is 0 Å². The van der Waals surface area contributed by atoms with Gasteiger partial charge in [0.15, 0.2) is 0 Å². The molecule has 0 radical (unpaired) electrons. The smallest absolute Gasteiger partial charge is 0.0622 e. The molecule has 0 nitrogen and oxygen atoms in total. The fraction of sp³-hybridized carbons (Fsp3) is 0.163. The third-order valence-corrected chi connectivity index (χ3v) is 21.5. The van der Waals surface area contributed by atoms with E-state index in [0.29, 0.717) is 0 Å². The number of benzene rings is 6. The van der Waals surface area contributed by atoms with Gasteiger partial charge < -0.3 is 0 Å². The van der Waals surface area contributed by atoms with Crippen molar-refractivity contribution in [3.05, 3.63) is 182 Å². The van der Waals surface area contributed by atoms with Gasteiger partial charge in [-0.3, -0.25) is 0 Å². The Morgan fingerprint density at radius 1 is 0.298 bits per heavy atom. The molecule has 6 aromatic carbocycles. The highest BCUT2D eigenvalue weighted by atomic mass is 31.2. The van der Waals surface area contributed by atoms with Crippen molar-refractivity contribution in [3.8, 4) is 0 Å². The first kappa shape index (κ1) is 33.9. The molecule has 0 fully saturated rings. The molecule has 0 heterocycles. The predicted molar refractivity (Wildman–Crippen MR) is 219 cm³/mol. The van der Waals surface area contributed by atoms with E-state index < -0.39 is 31.0 Å². The van der Waals surface area contributed by atoms with Crippen molar-refractivity contribution in [1.82, 2.24) is 0 Å². The summed E-state index contributed by atoms with van der Waals surface area (Å²) in [4.78, 5) is 0. The van der Waals surface area contributed by atoms with Gasteiger partial charge in [-0.1, -0.05) is 182 Å². The lowest BCUT2D eigenvalue weighted by Gasteiger charge is -2.30. The molecule has 0 aliphatic heterocycles. The molecule has 0 saturated heterocycles. The Labute approximate surface area is 287 Å². The summed E-state index contributed by atoms with van der Waals surface area (Å²) in [5.41, 5.74) is 0. The van der Waals surface area contributed by atoms with Crippen LogP contribution in [-0.2, 0) is 0 Å². The highest BCUT2D eigenvalue weighted by Gasteiger charge is 2.35. The van der Waals surface area contributed by atoms with E-state index in [1.165, 1.54) is 68.8 Å². The minimum atomic E-state index is -1.31. The van der Waals surface area contributed by atoms with Gasteiger partial charge in [0.1, 0.15) is 0 Å². The molecule has 0 unspecified atom stereocenters. The highest BCUT2D eigenvalue weighted by molar-refractivity contribution is 7.80. The molecule has 0 amide bonds. The Morgan fingerprint density at radius 3 is 0.638 bits per heavy atom. The van der Waals surface area contributed by atoms with E-state index in [9.17, 15) is 0 Å². The fourth-order valence-corrected chi connectivity index (χ4v) is 20.7. The topological polar surface area (TPSA) is 0 Å². The van der Waals surface area contributed by atoms with Gasteiger partial charge in [-0.25, -0.2) is 0 Å². The zero-order valence-corrected chi connectivity index (χ0v) is 30.9. The quantitative estimate of drug-likeness (QED) is 0.0947. The van der Waals surface area contributed by atoms with Gasteiger partial charge in [0.05, 0.1) is 18.5 Å². The van der Waals surface area contributed by atoms with Gasteiger partial charge >= 0.3 is 0 Å². The largest absolute Gasteiger partial charge is 0.0637 e. The first-order chi connectivity index (χ1) is 23.2. The minimum absolute atomic E-state index is 0.404. The van der Waals surface area contributed by atoms with Crippen LogP contribution < -0.4 is 31.8 Å². The molecule has 236 valence electrons. The summed E-state index contributed by atoms with van der Waals surface area (Å²) < 4.78 is 0. The average Bonchev–Trinajstić information content (AvgIpc) is 3.15. The molecule has 0 bridgehead atoms. The second kappa shape index (κ2) is 17.4. The van der Waals surface area contributed by atoms with Crippen LogP contribution >= 0.6 is 31.0 Å². The number of hydrogen-bond acceptors (Lipinski definition) is 0. The predicted octanol–water partition coefficient (Wildman–Crippen LogP) is 9.03. The molecule has 0 aromatic heterocycles. The van der Waals surface area contributed by atoms with E-state index in [4.69, 9.17) is 0 Å². The fourth-order valence-electron chi connectivity index (χ4n) is 6.23. The summed E-state index contributed by atoms with van der Waals surface area (Å²) >= 11 is 0. The maximum Gasteiger partial charge on any atom is 0.0637 e.